The van der Waals surface area contributed by atoms with Crippen LogP contribution < -0.4 is 5.69 Å². The summed E-state index contributed by atoms with van der Waals surface area (Å²) in [5.41, 5.74) is 0.274. The Balaban J connectivity index is 2.38. The van der Waals surface area contributed by atoms with Gasteiger partial charge in [0.1, 0.15) is 0 Å². The fourth-order valence-electron chi connectivity index (χ4n) is 2.02. The second kappa shape index (κ2) is 4.07. The van der Waals surface area contributed by atoms with Crippen LogP contribution in [-0.4, -0.2) is 9.97 Å². The van der Waals surface area contributed by atoms with Crippen molar-refractivity contribution in [1.82, 2.24) is 9.97 Å². The Morgan fingerprint density at radius 1 is 1.06 bits per heavy atom. The summed E-state index contributed by atoms with van der Waals surface area (Å²) in [5.74, 6) is -0.536. The molecule has 2 aromatic carbocycles. The van der Waals surface area contributed by atoms with Crippen molar-refractivity contribution in [3.05, 3.63) is 65.0 Å². The molecule has 0 radical (unpaired) electrons. The average Bonchev–Trinajstić information content (AvgIpc) is 2.41. The highest BCUT2D eigenvalue weighted by Crippen LogP contribution is 2.27. The van der Waals surface area contributed by atoms with Gasteiger partial charge in [0.25, 0.3) is 0 Å². The van der Waals surface area contributed by atoms with Crippen LogP contribution in [0.3, 0.4) is 0 Å². The van der Waals surface area contributed by atoms with Crippen molar-refractivity contribution in [1.29, 1.82) is 0 Å². The zero-order valence-electron chi connectivity index (χ0n) is 9.35. The van der Waals surface area contributed by atoms with Crippen LogP contribution in [-0.2, 0) is 0 Å². The Morgan fingerprint density at radius 2 is 1.83 bits per heavy atom. The lowest BCUT2D eigenvalue weighted by Crippen LogP contribution is -2.11. The summed E-state index contributed by atoms with van der Waals surface area (Å²) in [6.07, 6.45) is 0.940. The maximum atomic E-state index is 13.8. The molecule has 1 aromatic heterocycles. The molecule has 3 aromatic rings. The molecular formula is C14H9FN2O. The summed E-state index contributed by atoms with van der Waals surface area (Å²) in [4.78, 5) is 17.0. The van der Waals surface area contributed by atoms with Crippen molar-refractivity contribution in [2.45, 2.75) is 0 Å². The van der Waals surface area contributed by atoms with Crippen LogP contribution in [0.5, 0.6) is 0 Å². The van der Waals surface area contributed by atoms with Gasteiger partial charge in [-0.25, -0.2) is 9.18 Å². The maximum absolute atomic E-state index is 13.8. The third kappa shape index (κ3) is 1.68. The van der Waals surface area contributed by atoms with Crippen molar-refractivity contribution in [2.24, 2.45) is 0 Å². The molecule has 1 heterocycles. The van der Waals surface area contributed by atoms with E-state index in [0.29, 0.717) is 5.56 Å². The van der Waals surface area contributed by atoms with E-state index in [-0.39, 0.29) is 5.69 Å². The zero-order valence-corrected chi connectivity index (χ0v) is 9.35. The number of hydrogen-bond donors (Lipinski definition) is 1. The van der Waals surface area contributed by atoms with E-state index in [2.05, 4.69) is 9.97 Å². The molecule has 18 heavy (non-hydrogen) atoms. The molecule has 0 fully saturated rings. The molecule has 0 spiro atoms. The van der Waals surface area contributed by atoms with Crippen LogP contribution in [0.2, 0.25) is 0 Å². The smallest absolute Gasteiger partial charge is 0.303 e. The lowest BCUT2D eigenvalue weighted by atomic mass is 10.0. The summed E-state index contributed by atoms with van der Waals surface area (Å²) in [5, 5.41) is 1.88. The van der Waals surface area contributed by atoms with Crippen molar-refractivity contribution in [2.75, 3.05) is 0 Å². The van der Waals surface area contributed by atoms with Crippen molar-refractivity contribution in [3.8, 4) is 11.3 Å². The number of halogens is 1. The third-order valence-electron chi connectivity index (χ3n) is 2.82. The molecule has 0 aliphatic carbocycles. The van der Waals surface area contributed by atoms with Crippen LogP contribution >= 0.6 is 0 Å². The number of aromatic nitrogens is 2. The lowest BCUT2D eigenvalue weighted by molar-refractivity contribution is 0.615. The highest BCUT2D eigenvalue weighted by molar-refractivity contribution is 5.95. The SMILES string of the molecule is O=c1ncc(F)c(-c2cccc3ccccc23)[nH]1. The van der Waals surface area contributed by atoms with Crippen LogP contribution in [0, 0.1) is 5.82 Å². The first kappa shape index (κ1) is 10.7. The normalized spacial score (nSPS) is 10.7. The van der Waals surface area contributed by atoms with Crippen molar-refractivity contribution < 1.29 is 4.39 Å². The highest BCUT2D eigenvalue weighted by Gasteiger charge is 2.09. The van der Waals surface area contributed by atoms with Gasteiger partial charge in [0.15, 0.2) is 5.82 Å². The molecule has 4 heteroatoms. The predicted octanol–water partition coefficient (Wildman–Crippen LogP) is 2.73. The number of H-pyrrole nitrogens is 1. The summed E-state index contributed by atoms with van der Waals surface area (Å²) in [6.45, 7) is 0. The molecule has 0 saturated heterocycles. The van der Waals surface area contributed by atoms with Crippen molar-refractivity contribution >= 4 is 10.8 Å². The molecule has 0 amide bonds. The largest absolute Gasteiger partial charge is 0.345 e. The molecule has 88 valence electrons. The molecule has 3 nitrogen and oxygen atoms in total. The van der Waals surface area contributed by atoms with Gasteiger partial charge in [0.2, 0.25) is 0 Å². The monoisotopic (exact) mass is 240 g/mol. The Morgan fingerprint density at radius 3 is 2.72 bits per heavy atom. The average molecular weight is 240 g/mol. The second-order valence-corrected chi connectivity index (χ2v) is 3.94. The maximum Gasteiger partial charge on any atom is 0.345 e. The summed E-state index contributed by atoms with van der Waals surface area (Å²) in [7, 11) is 0. The number of rotatable bonds is 1. The lowest BCUT2D eigenvalue weighted by Gasteiger charge is -2.06. The first-order valence-corrected chi connectivity index (χ1v) is 5.48. The molecule has 0 saturated carbocycles. The topological polar surface area (TPSA) is 45.8 Å². The Bertz CT molecular complexity index is 775. The van der Waals surface area contributed by atoms with Crippen molar-refractivity contribution in [3.63, 3.8) is 0 Å². The van der Waals surface area contributed by atoms with E-state index in [9.17, 15) is 9.18 Å². The first-order valence-electron chi connectivity index (χ1n) is 5.48. The van der Waals surface area contributed by atoms with Gasteiger partial charge in [-0.1, -0.05) is 42.5 Å². The molecule has 0 aliphatic rings. The Kier molecular flexibility index (Phi) is 2.41. The quantitative estimate of drug-likeness (QED) is 0.710. The van der Waals surface area contributed by atoms with E-state index >= 15 is 0 Å². The first-order chi connectivity index (χ1) is 8.75. The number of hydrogen-bond acceptors (Lipinski definition) is 2. The number of aromatic amines is 1. The minimum atomic E-state index is -0.556. The van der Waals surface area contributed by atoms with Crippen LogP contribution in [0.15, 0.2) is 53.5 Å². The summed E-state index contributed by atoms with van der Waals surface area (Å²) < 4.78 is 13.8. The van der Waals surface area contributed by atoms with E-state index in [1.165, 1.54) is 0 Å². The number of nitrogens with zero attached hydrogens (tertiary/aromatic N) is 1. The molecule has 0 atom stereocenters. The van der Waals surface area contributed by atoms with Gasteiger partial charge < -0.3 is 4.98 Å². The summed E-state index contributed by atoms with van der Waals surface area (Å²) >= 11 is 0. The van der Waals surface area contributed by atoms with E-state index in [1.54, 1.807) is 6.07 Å². The molecule has 1 N–H and O–H groups in total. The molecule has 3 rings (SSSR count). The molecule has 0 bridgehead atoms. The van der Waals surface area contributed by atoms with Gasteiger partial charge in [-0.05, 0) is 10.8 Å². The van der Waals surface area contributed by atoms with Gasteiger partial charge in [-0.2, -0.15) is 4.98 Å². The minimum Gasteiger partial charge on any atom is -0.303 e. The van der Waals surface area contributed by atoms with Gasteiger partial charge in [0, 0.05) is 5.56 Å². The second-order valence-electron chi connectivity index (χ2n) is 3.94. The molecule has 0 unspecified atom stereocenters. The van der Waals surface area contributed by atoms with Gasteiger partial charge in [-0.15, -0.1) is 0 Å². The number of nitrogens with one attached hydrogen (secondary N) is 1. The van der Waals surface area contributed by atoms with E-state index in [4.69, 9.17) is 0 Å². The zero-order chi connectivity index (χ0) is 12.5. The molecule has 0 aliphatic heterocycles. The predicted molar refractivity (Wildman–Crippen MR) is 67.8 cm³/mol. The van der Waals surface area contributed by atoms with Gasteiger partial charge in [0.05, 0.1) is 11.9 Å². The fourth-order valence-corrected chi connectivity index (χ4v) is 2.02. The van der Waals surface area contributed by atoms with E-state index in [1.807, 2.05) is 36.4 Å². The number of benzene rings is 2. The van der Waals surface area contributed by atoms with Crippen LogP contribution in [0.4, 0.5) is 4.39 Å². The van der Waals surface area contributed by atoms with Gasteiger partial charge >= 0.3 is 5.69 Å². The van der Waals surface area contributed by atoms with Gasteiger partial charge in [-0.3, -0.25) is 0 Å². The molecular weight excluding hydrogens is 231 g/mol. The minimum absolute atomic E-state index is 0.173. The number of fused-ring (bicyclic) bond motifs is 1. The van der Waals surface area contributed by atoms with E-state index in [0.717, 1.165) is 17.0 Å². The Labute approximate surface area is 102 Å². The van der Waals surface area contributed by atoms with Crippen LogP contribution in [0.25, 0.3) is 22.0 Å². The third-order valence-corrected chi connectivity index (χ3v) is 2.82. The standard InChI is InChI=1S/C14H9FN2O/c15-12-8-16-14(18)17-13(12)11-7-3-5-9-4-1-2-6-10(9)11/h1-8H,(H,16,17,18). The van der Waals surface area contributed by atoms with E-state index < -0.39 is 11.5 Å². The summed E-state index contributed by atoms with van der Waals surface area (Å²) in [6, 6.07) is 13.2. The Hall–Kier alpha value is -2.49. The highest BCUT2D eigenvalue weighted by atomic mass is 19.1. The fraction of sp³-hybridized carbons (Fsp3) is 0. The van der Waals surface area contributed by atoms with Crippen LogP contribution in [0.1, 0.15) is 0 Å².